The van der Waals surface area contributed by atoms with Crippen LogP contribution in [0.1, 0.15) is 30.4 Å². The second kappa shape index (κ2) is 11.0. The lowest BCUT2D eigenvalue weighted by atomic mass is 9.86. The molecule has 0 radical (unpaired) electrons. The number of nitrogens with one attached hydrogen (secondary N) is 2. The second-order valence-electron chi connectivity index (χ2n) is 7.88. The van der Waals surface area contributed by atoms with Gasteiger partial charge in [0, 0.05) is 24.0 Å². The van der Waals surface area contributed by atoms with Crippen LogP contribution in [0.5, 0.6) is 11.5 Å². The first-order chi connectivity index (χ1) is 16.7. The molecule has 0 atom stereocenters. The van der Waals surface area contributed by atoms with Gasteiger partial charge in [0.05, 0.1) is 25.0 Å². The first kappa shape index (κ1) is 22.8. The predicted octanol–water partition coefficient (Wildman–Crippen LogP) is 4.93. The van der Waals surface area contributed by atoms with E-state index in [1.807, 2.05) is 24.3 Å². The summed E-state index contributed by atoms with van der Waals surface area (Å²) in [5, 5.41) is 14.8. The minimum absolute atomic E-state index is 0.323. The fourth-order valence-electron chi connectivity index (χ4n) is 3.44. The van der Waals surface area contributed by atoms with Gasteiger partial charge >= 0.3 is 0 Å². The first-order valence-electron chi connectivity index (χ1n) is 11.0. The largest absolute Gasteiger partial charge is 0.493 e. The van der Waals surface area contributed by atoms with Crippen molar-refractivity contribution in [3.63, 3.8) is 0 Å². The van der Waals surface area contributed by atoms with Crippen LogP contribution in [0.4, 0.5) is 17.3 Å². The maximum absolute atomic E-state index is 12.7. The zero-order valence-corrected chi connectivity index (χ0v) is 18.8. The maximum Gasteiger partial charge on any atom is 0.248 e. The molecule has 2 N–H and O–H groups in total. The fourth-order valence-corrected chi connectivity index (χ4v) is 3.44. The van der Waals surface area contributed by atoms with Crippen molar-refractivity contribution < 1.29 is 14.3 Å². The Labute approximate surface area is 198 Å². The van der Waals surface area contributed by atoms with Crippen molar-refractivity contribution in [1.82, 2.24) is 9.97 Å². The number of pyridine rings is 2. The van der Waals surface area contributed by atoms with Crippen molar-refractivity contribution in [2.24, 2.45) is 5.92 Å². The number of hydrogen-bond acceptors (Lipinski definition) is 7. The van der Waals surface area contributed by atoms with Gasteiger partial charge in [-0.1, -0.05) is 18.6 Å². The number of methoxy groups -OCH3 is 1. The summed E-state index contributed by atoms with van der Waals surface area (Å²) < 4.78 is 11.5. The van der Waals surface area contributed by atoms with Crippen LogP contribution in [-0.2, 0) is 4.79 Å². The molecule has 1 amide bonds. The monoisotopic (exact) mass is 455 g/mol. The third-order valence-electron chi connectivity index (χ3n) is 5.54. The molecule has 8 nitrogen and oxygen atoms in total. The number of ether oxygens (including phenoxy) is 2. The summed E-state index contributed by atoms with van der Waals surface area (Å²) >= 11 is 0. The molecule has 2 heterocycles. The summed E-state index contributed by atoms with van der Waals surface area (Å²) in [6, 6.07) is 14.4. The van der Waals surface area contributed by atoms with E-state index in [0.717, 1.165) is 5.56 Å². The number of hydrogen-bond donors (Lipinski definition) is 2. The molecule has 1 fully saturated rings. The molecule has 1 aliphatic carbocycles. The lowest BCUT2D eigenvalue weighted by molar-refractivity contribution is -0.111. The minimum atomic E-state index is -0.323. The number of benzene rings is 1. The molecule has 0 saturated heterocycles. The normalized spacial score (nSPS) is 13.1. The highest BCUT2D eigenvalue weighted by Gasteiger charge is 2.19. The summed E-state index contributed by atoms with van der Waals surface area (Å²) in [5.74, 6) is 2.47. The fraction of sp³-hybridized carbons (Fsp3) is 0.231. The van der Waals surface area contributed by atoms with Gasteiger partial charge in [-0.15, -0.1) is 0 Å². The average molecular weight is 456 g/mol. The van der Waals surface area contributed by atoms with Gasteiger partial charge in [0.2, 0.25) is 5.91 Å². The van der Waals surface area contributed by atoms with Gasteiger partial charge < -0.3 is 20.1 Å². The molecule has 34 heavy (non-hydrogen) atoms. The van der Waals surface area contributed by atoms with Gasteiger partial charge in [-0.25, -0.2) is 9.97 Å². The number of aromatic nitrogens is 2. The van der Waals surface area contributed by atoms with E-state index in [1.165, 1.54) is 31.5 Å². The van der Waals surface area contributed by atoms with Crippen LogP contribution in [0.3, 0.4) is 0 Å². The van der Waals surface area contributed by atoms with Crippen LogP contribution in [0.25, 0.3) is 6.08 Å². The third-order valence-corrected chi connectivity index (χ3v) is 5.54. The number of anilines is 3. The van der Waals surface area contributed by atoms with E-state index in [2.05, 4.69) is 20.6 Å². The van der Waals surface area contributed by atoms with E-state index in [4.69, 9.17) is 14.7 Å². The second-order valence-corrected chi connectivity index (χ2v) is 7.88. The van der Waals surface area contributed by atoms with Gasteiger partial charge in [0.25, 0.3) is 0 Å². The number of nitriles is 1. The van der Waals surface area contributed by atoms with Crippen LogP contribution in [0, 0.1) is 17.2 Å². The van der Waals surface area contributed by atoms with Gasteiger partial charge in [-0.2, -0.15) is 5.26 Å². The van der Waals surface area contributed by atoms with Gasteiger partial charge in [0.1, 0.15) is 11.9 Å². The first-order valence-corrected chi connectivity index (χ1v) is 11.0. The Hall–Kier alpha value is -4.38. The third kappa shape index (κ3) is 5.70. The highest BCUT2D eigenvalue weighted by Crippen LogP contribution is 2.34. The van der Waals surface area contributed by atoms with Crippen molar-refractivity contribution in [2.45, 2.75) is 19.3 Å². The number of nitrogens with zero attached hydrogens (tertiary/aromatic N) is 3. The smallest absolute Gasteiger partial charge is 0.248 e. The van der Waals surface area contributed by atoms with Crippen LogP contribution in [0.2, 0.25) is 0 Å². The number of amides is 1. The number of rotatable bonds is 9. The molecule has 2 aromatic heterocycles. The molecule has 0 aliphatic heterocycles. The van der Waals surface area contributed by atoms with Crippen LogP contribution in [-0.4, -0.2) is 29.6 Å². The standard InChI is InChI=1S/C26H25N5O3/c1-33-22-9-3-7-20(25(22)34-17-18-5-2-6-18)11-13-24(32)30-21-8-4-14-28-26(21)31-23-12-10-19(15-27)16-29-23/h3-4,7-14,16,18H,2,5-6,17H2,1H3,(H,30,32)(H,28,29,31)/b13-11+. The Morgan fingerprint density at radius 3 is 2.79 bits per heavy atom. The van der Waals surface area contributed by atoms with E-state index in [0.29, 0.717) is 46.9 Å². The Kier molecular flexibility index (Phi) is 7.35. The van der Waals surface area contributed by atoms with Gasteiger partial charge in [-0.3, -0.25) is 4.79 Å². The number of carbonyl (C=O) groups excluding carboxylic acids is 1. The van der Waals surface area contributed by atoms with Crippen LogP contribution < -0.4 is 20.1 Å². The lowest BCUT2D eigenvalue weighted by Crippen LogP contribution is -2.19. The Bertz CT molecular complexity index is 1210. The highest BCUT2D eigenvalue weighted by molar-refractivity contribution is 6.03. The zero-order chi connectivity index (χ0) is 23.8. The molecule has 1 saturated carbocycles. The summed E-state index contributed by atoms with van der Waals surface area (Å²) in [7, 11) is 1.60. The van der Waals surface area contributed by atoms with Crippen molar-refractivity contribution >= 4 is 29.3 Å². The Morgan fingerprint density at radius 1 is 1.21 bits per heavy atom. The summed E-state index contributed by atoms with van der Waals surface area (Å²) in [6.45, 7) is 0.640. The van der Waals surface area contributed by atoms with E-state index in [-0.39, 0.29) is 5.91 Å². The predicted molar refractivity (Wildman–Crippen MR) is 130 cm³/mol. The minimum Gasteiger partial charge on any atom is -0.493 e. The van der Waals surface area contributed by atoms with Crippen molar-refractivity contribution in [3.05, 3.63) is 72.1 Å². The van der Waals surface area contributed by atoms with E-state index in [9.17, 15) is 4.79 Å². The topological polar surface area (TPSA) is 109 Å². The van der Waals surface area contributed by atoms with Crippen molar-refractivity contribution in [2.75, 3.05) is 24.4 Å². The quantitative estimate of drug-likeness (QED) is 0.440. The Balaban J connectivity index is 1.46. The van der Waals surface area contributed by atoms with Crippen LogP contribution >= 0.6 is 0 Å². The van der Waals surface area contributed by atoms with Gasteiger partial charge in [0.15, 0.2) is 17.3 Å². The lowest BCUT2D eigenvalue weighted by Gasteiger charge is -2.26. The zero-order valence-electron chi connectivity index (χ0n) is 18.8. The van der Waals surface area contributed by atoms with E-state index in [1.54, 1.807) is 43.6 Å². The van der Waals surface area contributed by atoms with E-state index < -0.39 is 0 Å². The summed E-state index contributed by atoms with van der Waals surface area (Å²) in [6.07, 6.45) is 9.84. The average Bonchev–Trinajstić information content (AvgIpc) is 2.84. The Morgan fingerprint density at radius 2 is 2.09 bits per heavy atom. The molecule has 4 rings (SSSR count). The molecule has 0 unspecified atom stereocenters. The van der Waals surface area contributed by atoms with Crippen LogP contribution in [0.15, 0.2) is 60.9 Å². The van der Waals surface area contributed by atoms with E-state index >= 15 is 0 Å². The number of para-hydroxylation sites is 1. The molecular weight excluding hydrogens is 430 g/mol. The SMILES string of the molecule is COc1cccc(/C=C/C(=O)Nc2cccnc2Nc2ccc(C#N)cn2)c1OCC1CCC1. The van der Waals surface area contributed by atoms with Crippen molar-refractivity contribution in [3.8, 4) is 17.6 Å². The summed E-state index contributed by atoms with van der Waals surface area (Å²) in [5.41, 5.74) is 1.72. The summed E-state index contributed by atoms with van der Waals surface area (Å²) in [4.78, 5) is 21.2. The van der Waals surface area contributed by atoms with Gasteiger partial charge in [-0.05, 0) is 55.2 Å². The maximum atomic E-state index is 12.7. The molecule has 8 heteroatoms. The molecular formula is C26H25N5O3. The molecule has 0 spiro atoms. The van der Waals surface area contributed by atoms with Crippen molar-refractivity contribution in [1.29, 1.82) is 5.26 Å². The molecule has 172 valence electrons. The molecule has 1 aromatic carbocycles. The molecule has 0 bridgehead atoms. The molecule has 1 aliphatic rings. The highest BCUT2D eigenvalue weighted by atomic mass is 16.5. The number of carbonyl (C=O) groups is 1. The molecule has 3 aromatic rings.